The molecule has 0 bridgehead atoms. The number of nitrogens with two attached hydrogens (primary N) is 1. The summed E-state index contributed by atoms with van der Waals surface area (Å²) in [5.41, 5.74) is 5.96. The van der Waals surface area contributed by atoms with Crippen molar-refractivity contribution in [1.82, 2.24) is 19.7 Å². The Morgan fingerprint density at radius 2 is 2.04 bits per heavy atom. The Kier molecular flexibility index (Phi) is 7.65. The second-order valence-corrected chi connectivity index (χ2v) is 6.53. The van der Waals surface area contributed by atoms with Crippen LogP contribution >= 0.6 is 24.2 Å². The lowest BCUT2D eigenvalue weighted by atomic mass is 10.3. The first kappa shape index (κ1) is 20.4. The van der Waals surface area contributed by atoms with Gasteiger partial charge in [0.1, 0.15) is 11.6 Å². The molecule has 2 aromatic rings. The Morgan fingerprint density at radius 1 is 1.38 bits per heavy atom. The number of carbonyl (C=O) groups is 1. The van der Waals surface area contributed by atoms with Gasteiger partial charge in [-0.25, -0.2) is 4.39 Å². The first-order chi connectivity index (χ1) is 11.0. The van der Waals surface area contributed by atoms with E-state index < -0.39 is 0 Å². The molecule has 0 aliphatic heterocycles. The molecule has 9 heteroatoms. The molecule has 0 aliphatic carbocycles. The van der Waals surface area contributed by atoms with Crippen molar-refractivity contribution in [2.75, 3.05) is 20.6 Å². The molecule has 2 N–H and O–H groups in total. The fourth-order valence-corrected chi connectivity index (χ4v) is 3.14. The molecule has 24 heavy (non-hydrogen) atoms. The minimum atomic E-state index is -0.376. The zero-order valence-electron chi connectivity index (χ0n) is 13.8. The molecule has 1 amide bonds. The van der Waals surface area contributed by atoms with Crippen molar-refractivity contribution >= 4 is 30.1 Å². The maximum atomic E-state index is 14.2. The molecule has 1 aromatic heterocycles. The summed E-state index contributed by atoms with van der Waals surface area (Å²) in [6, 6.07) is 6.40. The monoisotopic (exact) mass is 373 g/mol. The lowest BCUT2D eigenvalue weighted by Crippen LogP contribution is -2.29. The summed E-state index contributed by atoms with van der Waals surface area (Å²) in [5, 5.41) is 8.34. The van der Waals surface area contributed by atoms with E-state index in [4.69, 9.17) is 5.73 Å². The number of benzene rings is 1. The number of hydrogen-bond donors (Lipinski definition) is 1. The fraction of sp³-hybridized carbons (Fsp3) is 0.400. The summed E-state index contributed by atoms with van der Waals surface area (Å²) in [7, 11) is 3.39. The molecule has 1 atom stereocenters. The molecule has 132 valence electrons. The number of para-hydroxylation sites is 1. The summed E-state index contributed by atoms with van der Waals surface area (Å²) in [6.45, 7) is 2.17. The highest BCUT2D eigenvalue weighted by molar-refractivity contribution is 8.00. The van der Waals surface area contributed by atoms with Gasteiger partial charge >= 0.3 is 0 Å². The van der Waals surface area contributed by atoms with Gasteiger partial charge in [-0.05, 0) is 25.6 Å². The number of aromatic nitrogens is 3. The van der Waals surface area contributed by atoms with Crippen LogP contribution in [-0.2, 0) is 11.2 Å². The number of hydrogen-bond acceptors (Lipinski definition) is 5. The summed E-state index contributed by atoms with van der Waals surface area (Å²) < 4.78 is 15.8. The van der Waals surface area contributed by atoms with Crippen LogP contribution < -0.4 is 5.73 Å². The van der Waals surface area contributed by atoms with E-state index in [1.165, 1.54) is 22.7 Å². The SMILES string of the molecule is CC(Sc1nnc(CCN)n1-c1ccccc1F)C(=O)N(C)C.Cl. The minimum absolute atomic E-state index is 0. The standard InChI is InChI=1S/C15H20FN5OS.ClH/c1-10(14(22)20(2)3)23-15-19-18-13(8-9-17)21(15)12-7-5-4-6-11(12)16;/h4-7,10H,8-9,17H2,1-3H3;1H. The predicted octanol–water partition coefficient (Wildman–Crippen LogP) is 1.90. The van der Waals surface area contributed by atoms with E-state index >= 15 is 0 Å². The topological polar surface area (TPSA) is 77.0 Å². The molecule has 6 nitrogen and oxygen atoms in total. The number of carbonyl (C=O) groups excluding carboxylic acids is 1. The zero-order chi connectivity index (χ0) is 17.0. The third-order valence-corrected chi connectivity index (χ3v) is 4.26. The highest BCUT2D eigenvalue weighted by Crippen LogP contribution is 2.27. The van der Waals surface area contributed by atoms with Crippen LogP contribution in [0, 0.1) is 5.82 Å². The van der Waals surface area contributed by atoms with Crippen LogP contribution in [0.2, 0.25) is 0 Å². The maximum absolute atomic E-state index is 14.2. The fourth-order valence-electron chi connectivity index (χ4n) is 2.11. The van der Waals surface area contributed by atoms with E-state index in [-0.39, 0.29) is 29.4 Å². The summed E-state index contributed by atoms with van der Waals surface area (Å²) in [4.78, 5) is 13.6. The maximum Gasteiger partial charge on any atom is 0.235 e. The molecule has 0 saturated carbocycles. The van der Waals surface area contributed by atoms with E-state index in [1.807, 2.05) is 0 Å². The van der Waals surface area contributed by atoms with Crippen molar-refractivity contribution in [3.8, 4) is 5.69 Å². The number of amides is 1. The van der Waals surface area contributed by atoms with Crippen LogP contribution in [0.4, 0.5) is 4.39 Å². The second kappa shape index (κ2) is 9.00. The van der Waals surface area contributed by atoms with Crippen molar-refractivity contribution in [2.45, 2.75) is 23.8 Å². The third kappa shape index (κ3) is 4.46. The normalized spacial score (nSPS) is 11.7. The molecule has 1 aromatic carbocycles. The average Bonchev–Trinajstić information content (AvgIpc) is 2.89. The lowest BCUT2D eigenvalue weighted by molar-refractivity contribution is -0.127. The summed E-state index contributed by atoms with van der Waals surface area (Å²) in [5.74, 6) is 0.155. The van der Waals surface area contributed by atoms with Gasteiger partial charge in [0.15, 0.2) is 5.16 Å². The molecular weight excluding hydrogens is 353 g/mol. The summed E-state index contributed by atoms with van der Waals surface area (Å²) in [6.07, 6.45) is 0.470. The van der Waals surface area contributed by atoms with E-state index in [2.05, 4.69) is 10.2 Å². The molecular formula is C15H21ClFN5OS. The molecule has 1 heterocycles. The molecule has 0 saturated heterocycles. The number of nitrogens with zero attached hydrogens (tertiary/aromatic N) is 4. The molecule has 0 fully saturated rings. The van der Waals surface area contributed by atoms with E-state index in [0.717, 1.165) is 0 Å². The quantitative estimate of drug-likeness (QED) is 0.782. The van der Waals surface area contributed by atoms with Gasteiger partial charge in [-0.1, -0.05) is 23.9 Å². The van der Waals surface area contributed by atoms with Crippen molar-refractivity contribution in [3.63, 3.8) is 0 Å². The number of thioether (sulfide) groups is 1. The van der Waals surface area contributed by atoms with Crippen LogP contribution in [0.3, 0.4) is 0 Å². The molecule has 1 unspecified atom stereocenters. The minimum Gasteiger partial charge on any atom is -0.348 e. The predicted molar refractivity (Wildman–Crippen MR) is 95.3 cm³/mol. The lowest BCUT2D eigenvalue weighted by Gasteiger charge is -2.17. The Bertz CT molecular complexity index is 694. The van der Waals surface area contributed by atoms with Crippen LogP contribution in [0.1, 0.15) is 12.7 Å². The first-order valence-electron chi connectivity index (χ1n) is 7.22. The van der Waals surface area contributed by atoms with E-state index in [9.17, 15) is 9.18 Å². The highest BCUT2D eigenvalue weighted by atomic mass is 35.5. The van der Waals surface area contributed by atoms with Gasteiger partial charge in [0, 0.05) is 20.5 Å². The largest absolute Gasteiger partial charge is 0.348 e. The number of rotatable bonds is 6. The van der Waals surface area contributed by atoms with Crippen molar-refractivity contribution < 1.29 is 9.18 Å². The molecule has 0 spiro atoms. The zero-order valence-corrected chi connectivity index (χ0v) is 15.4. The summed E-state index contributed by atoms with van der Waals surface area (Å²) >= 11 is 1.25. The van der Waals surface area contributed by atoms with E-state index in [1.54, 1.807) is 43.8 Å². The van der Waals surface area contributed by atoms with Crippen LogP contribution in [0.5, 0.6) is 0 Å². The Labute approximate surface area is 151 Å². The second-order valence-electron chi connectivity index (χ2n) is 5.22. The van der Waals surface area contributed by atoms with Crippen molar-refractivity contribution in [1.29, 1.82) is 0 Å². The van der Waals surface area contributed by atoms with Crippen molar-refractivity contribution in [2.24, 2.45) is 5.73 Å². The Balaban J connectivity index is 0.00000288. The third-order valence-electron chi connectivity index (χ3n) is 3.23. The van der Waals surface area contributed by atoms with Gasteiger partial charge in [0.2, 0.25) is 5.91 Å². The average molecular weight is 374 g/mol. The van der Waals surface area contributed by atoms with Crippen LogP contribution in [0.15, 0.2) is 29.4 Å². The van der Waals surface area contributed by atoms with Gasteiger partial charge in [-0.3, -0.25) is 9.36 Å². The molecule has 0 radical (unpaired) electrons. The molecule has 0 aliphatic rings. The first-order valence-corrected chi connectivity index (χ1v) is 8.10. The molecule has 2 rings (SSSR count). The number of halogens is 2. The van der Waals surface area contributed by atoms with Gasteiger partial charge in [-0.2, -0.15) is 0 Å². The van der Waals surface area contributed by atoms with Crippen molar-refractivity contribution in [3.05, 3.63) is 35.9 Å². The van der Waals surface area contributed by atoms with Crippen LogP contribution in [-0.4, -0.2) is 51.5 Å². The van der Waals surface area contributed by atoms with E-state index in [0.29, 0.717) is 29.6 Å². The van der Waals surface area contributed by atoms with Gasteiger partial charge in [0.05, 0.1) is 10.9 Å². The smallest absolute Gasteiger partial charge is 0.235 e. The van der Waals surface area contributed by atoms with Crippen LogP contribution in [0.25, 0.3) is 5.69 Å². The Morgan fingerprint density at radius 3 is 2.62 bits per heavy atom. The van der Waals surface area contributed by atoms with Gasteiger partial charge in [-0.15, -0.1) is 22.6 Å². The Hall–Kier alpha value is -1.64. The van der Waals surface area contributed by atoms with Gasteiger partial charge < -0.3 is 10.6 Å². The van der Waals surface area contributed by atoms with Gasteiger partial charge in [0.25, 0.3) is 0 Å². The highest BCUT2D eigenvalue weighted by Gasteiger charge is 2.22.